The predicted octanol–water partition coefficient (Wildman–Crippen LogP) is 4.65. The van der Waals surface area contributed by atoms with Gasteiger partial charge in [0, 0.05) is 35.8 Å². The van der Waals surface area contributed by atoms with Crippen LogP contribution in [-0.2, 0) is 12.2 Å². The van der Waals surface area contributed by atoms with E-state index in [0.29, 0.717) is 18.1 Å². The van der Waals surface area contributed by atoms with Crippen LogP contribution in [0.5, 0.6) is 0 Å². The summed E-state index contributed by atoms with van der Waals surface area (Å²) in [5.41, 5.74) is 3.07. The zero-order valence-electron chi connectivity index (χ0n) is 15.1. The molecule has 3 aromatic carbocycles. The van der Waals surface area contributed by atoms with Crippen molar-refractivity contribution in [2.24, 2.45) is 0 Å². The van der Waals surface area contributed by atoms with Crippen molar-refractivity contribution >= 4 is 17.5 Å². The number of benzene rings is 3. The average Bonchev–Trinajstić information content (AvgIpc) is 3.20. The smallest absolute Gasteiger partial charge is 0.256 e. The van der Waals surface area contributed by atoms with Gasteiger partial charge in [-0.2, -0.15) is 0 Å². The Morgan fingerprint density at radius 1 is 0.929 bits per heavy atom. The Balaban J connectivity index is 1.69. The van der Waals surface area contributed by atoms with Crippen molar-refractivity contribution < 1.29 is 9.18 Å². The average molecular weight is 393 g/mol. The molecule has 3 aromatic rings. The van der Waals surface area contributed by atoms with Gasteiger partial charge in [0.1, 0.15) is 11.5 Å². The summed E-state index contributed by atoms with van der Waals surface area (Å²) in [7, 11) is 0. The van der Waals surface area contributed by atoms with E-state index in [0.717, 1.165) is 28.8 Å². The Kier molecular flexibility index (Phi) is 4.00. The van der Waals surface area contributed by atoms with Gasteiger partial charge in [0.25, 0.3) is 5.91 Å². The van der Waals surface area contributed by atoms with Gasteiger partial charge in [-0.15, -0.1) is 0 Å². The molecule has 3 nitrogen and oxygen atoms in total. The molecule has 0 aliphatic carbocycles. The summed E-state index contributed by atoms with van der Waals surface area (Å²) in [6.45, 7) is 1.98. The highest BCUT2D eigenvalue weighted by molar-refractivity contribution is 6.30. The van der Waals surface area contributed by atoms with E-state index >= 15 is 0 Å². The molecule has 2 aliphatic rings. The van der Waals surface area contributed by atoms with Crippen molar-refractivity contribution in [1.29, 1.82) is 0 Å². The number of rotatable bonds is 3. The lowest BCUT2D eigenvalue weighted by atomic mass is 9.89. The maximum atomic E-state index is 13.4. The zero-order valence-corrected chi connectivity index (χ0v) is 15.9. The maximum absolute atomic E-state index is 13.4. The summed E-state index contributed by atoms with van der Waals surface area (Å²) in [5.74, 6) is -0.201. The van der Waals surface area contributed by atoms with Crippen LogP contribution in [0, 0.1) is 5.82 Å². The molecule has 140 valence electrons. The number of amides is 1. The Bertz CT molecular complexity index is 1050. The second-order valence-electron chi connectivity index (χ2n) is 7.23. The lowest BCUT2D eigenvalue weighted by Gasteiger charge is -2.40. The fourth-order valence-electron chi connectivity index (χ4n) is 4.58. The van der Waals surface area contributed by atoms with Crippen LogP contribution < -0.4 is 0 Å². The molecule has 0 radical (unpaired) electrons. The summed E-state index contributed by atoms with van der Waals surface area (Å²) < 4.78 is 13.4. The SMILES string of the molecule is O=C1c2ccccc2C2(c3ccc(Cl)cc3)N(Cc3ccc(F)cc3)CCN12. The largest absolute Gasteiger partial charge is 0.311 e. The highest BCUT2D eigenvalue weighted by Gasteiger charge is 2.57. The third kappa shape index (κ3) is 2.42. The fraction of sp³-hybridized carbons (Fsp3) is 0.174. The van der Waals surface area contributed by atoms with Gasteiger partial charge >= 0.3 is 0 Å². The Hall–Kier alpha value is -2.69. The van der Waals surface area contributed by atoms with Gasteiger partial charge in [0.2, 0.25) is 0 Å². The lowest BCUT2D eigenvalue weighted by Crippen LogP contribution is -2.48. The van der Waals surface area contributed by atoms with Crippen LogP contribution in [0.15, 0.2) is 72.8 Å². The van der Waals surface area contributed by atoms with Gasteiger partial charge in [-0.1, -0.05) is 54.1 Å². The van der Waals surface area contributed by atoms with Gasteiger partial charge < -0.3 is 4.90 Å². The van der Waals surface area contributed by atoms with E-state index in [2.05, 4.69) is 4.90 Å². The van der Waals surface area contributed by atoms with Gasteiger partial charge in [-0.05, 0) is 41.5 Å². The molecule has 1 saturated heterocycles. The van der Waals surface area contributed by atoms with Crippen LogP contribution in [0.25, 0.3) is 0 Å². The maximum Gasteiger partial charge on any atom is 0.256 e. The minimum absolute atomic E-state index is 0.0483. The van der Waals surface area contributed by atoms with Crippen molar-refractivity contribution in [2.45, 2.75) is 12.2 Å². The number of hydrogen-bond donors (Lipinski definition) is 0. The Morgan fingerprint density at radius 2 is 1.64 bits per heavy atom. The molecule has 1 unspecified atom stereocenters. The zero-order chi connectivity index (χ0) is 19.3. The molecule has 2 aliphatic heterocycles. The summed E-state index contributed by atoms with van der Waals surface area (Å²) in [5, 5.41) is 0.660. The monoisotopic (exact) mass is 392 g/mol. The summed E-state index contributed by atoms with van der Waals surface area (Å²) in [6.07, 6.45) is 0. The molecule has 1 atom stereocenters. The number of halogens is 2. The van der Waals surface area contributed by atoms with Crippen molar-refractivity contribution in [2.75, 3.05) is 13.1 Å². The first-order chi connectivity index (χ1) is 13.6. The van der Waals surface area contributed by atoms with Crippen LogP contribution >= 0.6 is 11.6 Å². The first kappa shape index (κ1) is 17.4. The summed E-state index contributed by atoms with van der Waals surface area (Å²) in [6, 6.07) is 22.1. The summed E-state index contributed by atoms with van der Waals surface area (Å²) in [4.78, 5) is 17.4. The molecule has 1 fully saturated rings. The first-order valence-corrected chi connectivity index (χ1v) is 9.65. The molecule has 0 spiro atoms. The van der Waals surface area contributed by atoms with Crippen molar-refractivity contribution in [3.8, 4) is 0 Å². The first-order valence-electron chi connectivity index (χ1n) is 9.28. The Labute approximate surface area is 168 Å². The van der Waals surface area contributed by atoms with Gasteiger partial charge in [-0.25, -0.2) is 4.39 Å². The van der Waals surface area contributed by atoms with Crippen LogP contribution in [0.2, 0.25) is 5.02 Å². The third-order valence-electron chi connectivity index (χ3n) is 5.75. The van der Waals surface area contributed by atoms with Gasteiger partial charge in [-0.3, -0.25) is 9.69 Å². The lowest BCUT2D eigenvalue weighted by molar-refractivity contribution is 0.0429. The normalized spacial score (nSPS) is 21.1. The fourth-order valence-corrected chi connectivity index (χ4v) is 4.70. The molecular formula is C23H18ClFN2O. The number of hydrogen-bond acceptors (Lipinski definition) is 2. The van der Waals surface area contributed by atoms with Crippen molar-refractivity contribution in [3.05, 3.63) is 106 Å². The molecule has 0 aromatic heterocycles. The molecule has 0 saturated carbocycles. The van der Waals surface area contributed by atoms with Crippen LogP contribution in [0.4, 0.5) is 4.39 Å². The number of nitrogens with zero attached hydrogens (tertiary/aromatic N) is 2. The Morgan fingerprint density at radius 3 is 2.39 bits per heavy atom. The third-order valence-corrected chi connectivity index (χ3v) is 6.01. The second kappa shape index (κ2) is 6.43. The topological polar surface area (TPSA) is 23.6 Å². The van der Waals surface area contributed by atoms with E-state index in [1.165, 1.54) is 12.1 Å². The molecular weight excluding hydrogens is 375 g/mol. The molecule has 2 heterocycles. The van der Waals surface area contributed by atoms with E-state index in [9.17, 15) is 9.18 Å². The highest BCUT2D eigenvalue weighted by Crippen LogP contribution is 2.50. The molecule has 5 heteroatoms. The van der Waals surface area contributed by atoms with Crippen LogP contribution in [-0.4, -0.2) is 28.8 Å². The van der Waals surface area contributed by atoms with Crippen molar-refractivity contribution in [3.63, 3.8) is 0 Å². The van der Waals surface area contributed by atoms with E-state index in [1.807, 2.05) is 53.4 Å². The quantitative estimate of drug-likeness (QED) is 0.647. The molecule has 0 bridgehead atoms. The minimum atomic E-state index is -0.674. The van der Waals surface area contributed by atoms with E-state index in [1.54, 1.807) is 12.1 Å². The van der Waals surface area contributed by atoms with E-state index in [4.69, 9.17) is 11.6 Å². The molecule has 0 N–H and O–H groups in total. The van der Waals surface area contributed by atoms with E-state index in [-0.39, 0.29) is 11.7 Å². The van der Waals surface area contributed by atoms with E-state index < -0.39 is 5.66 Å². The second-order valence-corrected chi connectivity index (χ2v) is 7.67. The number of carbonyl (C=O) groups is 1. The molecule has 5 rings (SSSR count). The van der Waals surface area contributed by atoms with Gasteiger partial charge in [0.15, 0.2) is 0 Å². The van der Waals surface area contributed by atoms with Crippen molar-refractivity contribution in [1.82, 2.24) is 9.80 Å². The summed E-state index contributed by atoms with van der Waals surface area (Å²) >= 11 is 6.14. The van der Waals surface area contributed by atoms with Crippen LogP contribution in [0.1, 0.15) is 27.0 Å². The highest BCUT2D eigenvalue weighted by atomic mass is 35.5. The minimum Gasteiger partial charge on any atom is -0.311 e. The van der Waals surface area contributed by atoms with Gasteiger partial charge in [0.05, 0.1) is 0 Å². The molecule has 28 heavy (non-hydrogen) atoms. The molecule has 1 amide bonds. The number of fused-ring (bicyclic) bond motifs is 3. The predicted molar refractivity (Wildman–Crippen MR) is 107 cm³/mol. The standard InChI is InChI=1S/C23H18ClFN2O/c24-18-9-7-17(8-10-18)23-21-4-2-1-3-20(21)22(28)27(23)14-13-26(23)15-16-5-11-19(25)12-6-16/h1-12H,13-15H2. The number of carbonyl (C=O) groups excluding carboxylic acids is 1. The van der Waals surface area contributed by atoms with Crippen LogP contribution in [0.3, 0.4) is 0 Å².